The number of para-hydroxylation sites is 1. The number of nitro groups is 1. The monoisotopic (exact) mass is 635 g/mol. The maximum atomic E-state index is 14.2. The molecule has 0 saturated heterocycles. The molecule has 0 aliphatic carbocycles. The lowest BCUT2D eigenvalue weighted by atomic mass is 9.80. The summed E-state index contributed by atoms with van der Waals surface area (Å²) >= 11 is 0. The minimum Gasteiger partial charge on any atom is -0.491 e. The maximum Gasteiger partial charge on any atom is 0.431 e. The SMILES string of the molecule is COC(=O)C1=C(C)NC(C(F)(F)F)=C(C(=O)OCCCCCCNCC(O)COc2ccccc2)C1c1cccc([N+](=O)[O-])c1. The second-order valence-electron chi connectivity index (χ2n) is 10.3. The number of nitrogens with zero attached hydrogens (tertiary/aromatic N) is 1. The van der Waals surface area contributed by atoms with Crippen LogP contribution in [0.1, 0.15) is 44.1 Å². The highest BCUT2D eigenvalue weighted by molar-refractivity contribution is 6.00. The van der Waals surface area contributed by atoms with Gasteiger partial charge in [-0.3, -0.25) is 10.1 Å². The molecule has 2 atom stereocenters. The summed E-state index contributed by atoms with van der Waals surface area (Å²) in [6, 6.07) is 13.8. The first-order chi connectivity index (χ1) is 21.4. The number of ether oxygens (including phenoxy) is 3. The summed E-state index contributed by atoms with van der Waals surface area (Å²) in [5.74, 6) is -3.29. The van der Waals surface area contributed by atoms with E-state index in [1.807, 2.05) is 18.2 Å². The molecule has 0 radical (unpaired) electrons. The average Bonchev–Trinajstić information content (AvgIpc) is 3.02. The molecule has 0 bridgehead atoms. The number of rotatable bonds is 16. The lowest BCUT2D eigenvalue weighted by Gasteiger charge is -2.32. The van der Waals surface area contributed by atoms with Gasteiger partial charge in [0.2, 0.25) is 0 Å². The van der Waals surface area contributed by atoms with E-state index in [1.54, 1.807) is 12.1 Å². The van der Waals surface area contributed by atoms with Gasteiger partial charge in [-0.15, -0.1) is 0 Å². The number of nitrogens with one attached hydrogen (secondary N) is 2. The molecule has 0 amide bonds. The molecule has 11 nitrogen and oxygen atoms in total. The van der Waals surface area contributed by atoms with Crippen LogP contribution in [-0.2, 0) is 19.1 Å². The van der Waals surface area contributed by atoms with E-state index in [1.165, 1.54) is 19.1 Å². The Morgan fingerprint density at radius 2 is 1.76 bits per heavy atom. The number of allylic oxidation sites excluding steroid dienone is 2. The van der Waals surface area contributed by atoms with Crippen molar-refractivity contribution in [1.29, 1.82) is 0 Å². The molecule has 45 heavy (non-hydrogen) atoms. The lowest BCUT2D eigenvalue weighted by molar-refractivity contribution is -0.384. The van der Waals surface area contributed by atoms with E-state index in [0.29, 0.717) is 31.7 Å². The number of dihydropyridines is 1. The predicted molar refractivity (Wildman–Crippen MR) is 157 cm³/mol. The Morgan fingerprint density at radius 3 is 2.42 bits per heavy atom. The number of esters is 2. The molecule has 0 fully saturated rings. The molecule has 3 N–H and O–H groups in total. The molecule has 1 aliphatic rings. The zero-order chi connectivity index (χ0) is 33.0. The number of carbonyl (C=O) groups excluding carboxylic acids is 2. The highest BCUT2D eigenvalue weighted by atomic mass is 19.4. The molecule has 1 aliphatic heterocycles. The van der Waals surface area contributed by atoms with Crippen molar-refractivity contribution in [2.45, 2.75) is 50.8 Å². The second-order valence-corrected chi connectivity index (χ2v) is 10.3. The van der Waals surface area contributed by atoms with Crippen LogP contribution in [0.25, 0.3) is 0 Å². The molecule has 0 spiro atoms. The molecule has 2 unspecified atom stereocenters. The Morgan fingerprint density at radius 1 is 1.04 bits per heavy atom. The average molecular weight is 636 g/mol. The number of unbranched alkanes of at least 4 members (excludes halogenated alkanes) is 3. The van der Waals surface area contributed by atoms with Crippen molar-refractivity contribution in [3.63, 3.8) is 0 Å². The summed E-state index contributed by atoms with van der Waals surface area (Å²) in [6.45, 7) is 2.13. The van der Waals surface area contributed by atoms with Gasteiger partial charge in [0, 0.05) is 24.4 Å². The first-order valence-corrected chi connectivity index (χ1v) is 14.3. The van der Waals surface area contributed by atoms with Gasteiger partial charge in [-0.1, -0.05) is 43.2 Å². The predicted octanol–water partition coefficient (Wildman–Crippen LogP) is 4.68. The van der Waals surface area contributed by atoms with Crippen LogP contribution in [0.2, 0.25) is 0 Å². The Bertz CT molecular complexity index is 1400. The Hall–Kier alpha value is -4.43. The molecule has 3 rings (SSSR count). The molecule has 14 heteroatoms. The first-order valence-electron chi connectivity index (χ1n) is 14.3. The number of methoxy groups -OCH3 is 1. The van der Waals surface area contributed by atoms with Crippen LogP contribution in [0.4, 0.5) is 18.9 Å². The molecule has 0 saturated carbocycles. The minimum absolute atomic E-state index is 0.0802. The quantitative estimate of drug-likeness (QED) is 0.103. The largest absolute Gasteiger partial charge is 0.491 e. The number of non-ortho nitro benzene ring substituents is 1. The Kier molecular flexibility index (Phi) is 12.9. The number of nitro benzene ring substituents is 1. The van der Waals surface area contributed by atoms with E-state index in [-0.39, 0.29) is 30.0 Å². The van der Waals surface area contributed by atoms with Gasteiger partial charge in [-0.05, 0) is 44.0 Å². The summed E-state index contributed by atoms with van der Waals surface area (Å²) in [7, 11) is 1.03. The molecule has 1 heterocycles. The zero-order valence-corrected chi connectivity index (χ0v) is 24.9. The third-order valence-electron chi connectivity index (χ3n) is 6.93. The number of alkyl halides is 3. The van der Waals surface area contributed by atoms with Gasteiger partial charge in [0.25, 0.3) is 5.69 Å². The van der Waals surface area contributed by atoms with Crippen LogP contribution in [0.15, 0.2) is 77.1 Å². The van der Waals surface area contributed by atoms with E-state index in [4.69, 9.17) is 14.2 Å². The summed E-state index contributed by atoms with van der Waals surface area (Å²) in [5, 5.41) is 26.7. The summed E-state index contributed by atoms with van der Waals surface area (Å²) < 4.78 is 58.1. The second kappa shape index (κ2) is 16.6. The molecular weight excluding hydrogens is 599 g/mol. The van der Waals surface area contributed by atoms with Gasteiger partial charge in [-0.25, -0.2) is 9.59 Å². The van der Waals surface area contributed by atoms with Crippen molar-refractivity contribution >= 4 is 17.6 Å². The topological polar surface area (TPSA) is 149 Å². The molecule has 2 aromatic carbocycles. The summed E-state index contributed by atoms with van der Waals surface area (Å²) in [6.07, 6.45) is -3.29. The highest BCUT2D eigenvalue weighted by Crippen LogP contribution is 2.44. The van der Waals surface area contributed by atoms with E-state index in [2.05, 4.69) is 10.6 Å². The van der Waals surface area contributed by atoms with Crippen LogP contribution in [0, 0.1) is 10.1 Å². The number of carbonyl (C=O) groups is 2. The first kappa shape index (κ1) is 35.1. The van der Waals surface area contributed by atoms with Crippen molar-refractivity contribution in [3.05, 3.63) is 92.8 Å². The smallest absolute Gasteiger partial charge is 0.431 e. The van der Waals surface area contributed by atoms with Crippen LogP contribution >= 0.6 is 0 Å². The van der Waals surface area contributed by atoms with E-state index >= 15 is 0 Å². The van der Waals surface area contributed by atoms with Gasteiger partial charge in [-0.2, -0.15) is 13.2 Å². The molecule has 244 valence electrons. The summed E-state index contributed by atoms with van der Waals surface area (Å²) in [4.78, 5) is 36.6. The fourth-order valence-corrected chi connectivity index (χ4v) is 4.79. The van der Waals surface area contributed by atoms with Crippen LogP contribution in [0.3, 0.4) is 0 Å². The van der Waals surface area contributed by atoms with Crippen molar-refractivity contribution in [1.82, 2.24) is 10.6 Å². The normalized spacial score (nSPS) is 15.7. The molecular formula is C31H36F3N3O8. The third kappa shape index (κ3) is 10.0. The number of halogens is 3. The standard InChI is InChI=1S/C31H36F3N3O8/c1-20-25(29(39)43-2)26(21-11-10-12-22(17-21)37(41)42)27(28(36-20)31(32,33)34)30(40)44-16-9-4-3-8-15-35-18-23(38)19-45-24-13-6-5-7-14-24/h5-7,10-14,17,23,26,35-36,38H,3-4,8-9,15-16,18-19H2,1-2H3. The molecule has 0 aromatic heterocycles. The van der Waals surface area contributed by atoms with Crippen molar-refractivity contribution in [2.24, 2.45) is 0 Å². The zero-order valence-electron chi connectivity index (χ0n) is 24.9. The van der Waals surface area contributed by atoms with Crippen molar-refractivity contribution in [2.75, 3.05) is 33.4 Å². The number of aliphatic hydroxyl groups is 1. The molecule has 2 aromatic rings. The minimum atomic E-state index is -5.04. The van der Waals surface area contributed by atoms with E-state index in [9.17, 15) is 38.0 Å². The number of hydrogen-bond donors (Lipinski definition) is 3. The number of hydrogen-bond acceptors (Lipinski definition) is 10. The van der Waals surface area contributed by atoms with Gasteiger partial charge in [0.15, 0.2) is 0 Å². The van der Waals surface area contributed by atoms with Crippen LogP contribution in [-0.4, -0.2) is 67.7 Å². The van der Waals surface area contributed by atoms with E-state index in [0.717, 1.165) is 32.1 Å². The fourth-order valence-electron chi connectivity index (χ4n) is 4.79. The fraction of sp³-hybridized carbons (Fsp3) is 0.419. The van der Waals surface area contributed by atoms with Gasteiger partial charge in [0.05, 0.1) is 35.7 Å². The van der Waals surface area contributed by atoms with Gasteiger partial charge < -0.3 is 30.0 Å². The number of benzene rings is 2. The van der Waals surface area contributed by atoms with Crippen molar-refractivity contribution < 1.29 is 47.0 Å². The van der Waals surface area contributed by atoms with Gasteiger partial charge >= 0.3 is 18.1 Å². The van der Waals surface area contributed by atoms with Gasteiger partial charge in [0.1, 0.15) is 24.2 Å². The van der Waals surface area contributed by atoms with Crippen LogP contribution < -0.4 is 15.4 Å². The summed E-state index contributed by atoms with van der Waals surface area (Å²) in [5.41, 5.74) is -3.35. The number of aliphatic hydroxyl groups excluding tert-OH is 1. The van der Waals surface area contributed by atoms with E-state index < -0.39 is 52.0 Å². The maximum absolute atomic E-state index is 14.2. The third-order valence-corrected chi connectivity index (χ3v) is 6.93. The van der Waals surface area contributed by atoms with Crippen molar-refractivity contribution in [3.8, 4) is 5.75 Å². The Labute approximate surface area is 258 Å². The highest BCUT2D eigenvalue weighted by Gasteiger charge is 2.47. The van der Waals surface area contributed by atoms with Crippen LogP contribution in [0.5, 0.6) is 5.75 Å². The lowest BCUT2D eigenvalue weighted by Crippen LogP contribution is -2.38. The Balaban J connectivity index is 1.58.